The van der Waals surface area contributed by atoms with Crippen LogP contribution in [-0.4, -0.2) is 33.8 Å². The van der Waals surface area contributed by atoms with Crippen LogP contribution in [0.1, 0.15) is 0 Å². The second kappa shape index (κ2) is 3.96. The molecule has 2 rings (SSSR count). The predicted molar refractivity (Wildman–Crippen MR) is 58.7 cm³/mol. The van der Waals surface area contributed by atoms with Crippen LogP contribution < -0.4 is 10.6 Å². The Morgan fingerprint density at radius 3 is 2.64 bits per heavy atom. The molecule has 1 fully saturated rings. The second-order valence-corrected chi connectivity index (χ2v) is 4.97. The van der Waals surface area contributed by atoms with Gasteiger partial charge in [0.15, 0.2) is 0 Å². The van der Waals surface area contributed by atoms with Gasteiger partial charge in [-0.2, -0.15) is 0 Å². The highest BCUT2D eigenvalue weighted by atomic mass is 32.2. The molecule has 0 amide bonds. The van der Waals surface area contributed by atoms with Crippen LogP contribution in [-0.2, 0) is 10.8 Å². The predicted octanol–water partition coefficient (Wildman–Crippen LogP) is 0.232. The zero-order valence-corrected chi connectivity index (χ0v) is 8.67. The fourth-order valence-electron chi connectivity index (χ4n) is 1.48. The first kappa shape index (κ1) is 9.45. The van der Waals surface area contributed by atoms with Crippen molar-refractivity contribution in [1.82, 2.24) is 4.98 Å². The number of nitrogen functional groups attached to an aromatic ring is 1. The smallest absolute Gasteiger partial charge is 0.123 e. The lowest BCUT2D eigenvalue weighted by atomic mass is 10.3. The van der Waals surface area contributed by atoms with E-state index in [0.717, 1.165) is 30.3 Å². The van der Waals surface area contributed by atoms with Crippen LogP contribution in [0.5, 0.6) is 0 Å². The van der Waals surface area contributed by atoms with E-state index in [1.165, 1.54) is 0 Å². The van der Waals surface area contributed by atoms with Crippen molar-refractivity contribution in [2.75, 3.05) is 35.2 Å². The molecule has 4 nitrogen and oxygen atoms in total. The highest BCUT2D eigenvalue weighted by Gasteiger charge is 2.15. The van der Waals surface area contributed by atoms with Gasteiger partial charge >= 0.3 is 0 Å². The zero-order valence-electron chi connectivity index (χ0n) is 7.85. The van der Waals surface area contributed by atoms with Crippen LogP contribution >= 0.6 is 0 Å². The third kappa shape index (κ3) is 2.04. The molecule has 14 heavy (non-hydrogen) atoms. The summed E-state index contributed by atoms with van der Waals surface area (Å²) in [6, 6.07) is 3.75. The van der Waals surface area contributed by atoms with Crippen molar-refractivity contribution in [3.05, 3.63) is 18.3 Å². The van der Waals surface area contributed by atoms with Gasteiger partial charge in [-0.3, -0.25) is 4.21 Å². The van der Waals surface area contributed by atoms with Crippen molar-refractivity contribution in [3.63, 3.8) is 0 Å². The SMILES string of the molecule is Nc1ccc(N2CCS(=O)CC2)cn1. The molecule has 1 aliphatic heterocycles. The fourth-order valence-corrected chi connectivity index (χ4v) is 2.53. The first-order chi connectivity index (χ1) is 6.75. The van der Waals surface area contributed by atoms with Crippen LogP contribution in [0.15, 0.2) is 18.3 Å². The molecule has 1 saturated heterocycles. The summed E-state index contributed by atoms with van der Waals surface area (Å²) >= 11 is 0. The van der Waals surface area contributed by atoms with Gasteiger partial charge in [-0.1, -0.05) is 0 Å². The van der Waals surface area contributed by atoms with Gasteiger partial charge in [-0.15, -0.1) is 0 Å². The number of nitrogens with zero attached hydrogens (tertiary/aromatic N) is 2. The largest absolute Gasteiger partial charge is 0.384 e. The molecule has 1 aromatic heterocycles. The van der Waals surface area contributed by atoms with Crippen molar-refractivity contribution < 1.29 is 4.21 Å². The summed E-state index contributed by atoms with van der Waals surface area (Å²) in [7, 11) is -0.626. The van der Waals surface area contributed by atoms with Gasteiger partial charge in [-0.25, -0.2) is 4.98 Å². The molecule has 2 heterocycles. The summed E-state index contributed by atoms with van der Waals surface area (Å²) in [5, 5.41) is 0. The minimum atomic E-state index is -0.626. The van der Waals surface area contributed by atoms with Gasteiger partial charge in [0.05, 0.1) is 11.9 Å². The molecule has 0 spiro atoms. The molecule has 5 heteroatoms. The topological polar surface area (TPSA) is 59.2 Å². The first-order valence-electron chi connectivity index (χ1n) is 4.57. The minimum Gasteiger partial charge on any atom is -0.384 e. The molecule has 0 aliphatic carbocycles. The molecule has 2 N–H and O–H groups in total. The van der Waals surface area contributed by atoms with Crippen LogP contribution in [0, 0.1) is 0 Å². The van der Waals surface area contributed by atoms with Crippen molar-refractivity contribution in [2.45, 2.75) is 0 Å². The van der Waals surface area contributed by atoms with Crippen molar-refractivity contribution in [2.24, 2.45) is 0 Å². The fraction of sp³-hybridized carbons (Fsp3) is 0.444. The number of nitrogens with two attached hydrogens (primary N) is 1. The maximum Gasteiger partial charge on any atom is 0.123 e. The van der Waals surface area contributed by atoms with Crippen LogP contribution in [0.3, 0.4) is 0 Å². The quantitative estimate of drug-likeness (QED) is 0.722. The molecule has 1 aromatic rings. The van der Waals surface area contributed by atoms with E-state index in [4.69, 9.17) is 5.73 Å². The summed E-state index contributed by atoms with van der Waals surface area (Å²) in [6.07, 6.45) is 1.77. The third-order valence-electron chi connectivity index (χ3n) is 2.31. The molecule has 0 radical (unpaired) electrons. The standard InChI is InChI=1S/C9H13N3OS/c10-9-2-1-8(7-11-9)12-3-5-14(13)6-4-12/h1-2,7H,3-6H2,(H2,10,11). The van der Waals surface area contributed by atoms with E-state index in [1.807, 2.05) is 6.07 Å². The molecule has 76 valence electrons. The maximum absolute atomic E-state index is 11.1. The number of hydrogen-bond acceptors (Lipinski definition) is 4. The Morgan fingerprint density at radius 2 is 2.07 bits per heavy atom. The molecule has 0 aromatic carbocycles. The Kier molecular flexibility index (Phi) is 2.67. The Bertz CT molecular complexity index is 328. The van der Waals surface area contributed by atoms with Crippen molar-refractivity contribution >= 4 is 22.3 Å². The average molecular weight is 211 g/mol. The Balaban J connectivity index is 2.08. The molecule has 0 unspecified atom stereocenters. The second-order valence-electron chi connectivity index (χ2n) is 3.28. The number of hydrogen-bond donors (Lipinski definition) is 1. The lowest BCUT2D eigenvalue weighted by molar-refractivity contribution is 0.673. The Labute approximate surface area is 85.6 Å². The van der Waals surface area contributed by atoms with E-state index < -0.39 is 10.8 Å². The molecular formula is C9H13N3OS. The summed E-state index contributed by atoms with van der Waals surface area (Å²) in [4.78, 5) is 6.22. The summed E-state index contributed by atoms with van der Waals surface area (Å²) in [5.41, 5.74) is 6.57. The summed E-state index contributed by atoms with van der Waals surface area (Å²) < 4.78 is 11.1. The monoisotopic (exact) mass is 211 g/mol. The maximum atomic E-state index is 11.1. The molecule has 0 saturated carbocycles. The molecular weight excluding hydrogens is 198 g/mol. The van der Waals surface area contributed by atoms with Crippen LogP contribution in [0.25, 0.3) is 0 Å². The third-order valence-corrected chi connectivity index (χ3v) is 3.59. The zero-order chi connectivity index (χ0) is 9.97. The van der Waals surface area contributed by atoms with Gasteiger partial charge in [0.2, 0.25) is 0 Å². The highest BCUT2D eigenvalue weighted by Crippen LogP contribution is 2.15. The molecule has 1 aliphatic rings. The van der Waals surface area contributed by atoms with Gasteiger partial charge in [-0.05, 0) is 12.1 Å². The normalized spacial score (nSPS) is 18.4. The minimum absolute atomic E-state index is 0.536. The van der Waals surface area contributed by atoms with Crippen molar-refractivity contribution in [1.29, 1.82) is 0 Å². The van der Waals surface area contributed by atoms with E-state index in [9.17, 15) is 4.21 Å². The van der Waals surface area contributed by atoms with Gasteiger partial charge < -0.3 is 10.6 Å². The number of pyridine rings is 1. The van der Waals surface area contributed by atoms with E-state index in [0.29, 0.717) is 5.82 Å². The number of anilines is 2. The van der Waals surface area contributed by atoms with E-state index in [2.05, 4.69) is 9.88 Å². The number of aromatic nitrogens is 1. The summed E-state index contributed by atoms with van der Waals surface area (Å²) in [6.45, 7) is 1.69. The average Bonchev–Trinajstić information content (AvgIpc) is 2.21. The van der Waals surface area contributed by atoms with Crippen LogP contribution in [0.2, 0.25) is 0 Å². The Morgan fingerprint density at radius 1 is 1.36 bits per heavy atom. The summed E-state index contributed by atoms with van der Waals surface area (Å²) in [5.74, 6) is 2.05. The van der Waals surface area contributed by atoms with E-state index in [1.54, 1.807) is 12.3 Å². The highest BCUT2D eigenvalue weighted by molar-refractivity contribution is 7.85. The van der Waals surface area contributed by atoms with E-state index >= 15 is 0 Å². The lowest BCUT2D eigenvalue weighted by Gasteiger charge is -2.27. The van der Waals surface area contributed by atoms with Crippen molar-refractivity contribution in [3.8, 4) is 0 Å². The molecule has 0 atom stereocenters. The van der Waals surface area contributed by atoms with E-state index in [-0.39, 0.29) is 0 Å². The van der Waals surface area contributed by atoms with Gasteiger partial charge in [0.25, 0.3) is 0 Å². The lowest BCUT2D eigenvalue weighted by Crippen LogP contribution is -2.37. The first-order valence-corrected chi connectivity index (χ1v) is 6.06. The van der Waals surface area contributed by atoms with Crippen LogP contribution in [0.4, 0.5) is 11.5 Å². The van der Waals surface area contributed by atoms with Gasteiger partial charge in [0.1, 0.15) is 5.82 Å². The number of rotatable bonds is 1. The molecule has 0 bridgehead atoms. The Hall–Kier alpha value is -1.10. The van der Waals surface area contributed by atoms with Gasteiger partial charge in [0, 0.05) is 35.4 Å².